The summed E-state index contributed by atoms with van der Waals surface area (Å²) in [6.07, 6.45) is 3.93. The molecule has 3 rings (SSSR count). The molecule has 8 nitrogen and oxygen atoms in total. The molecule has 0 aliphatic carbocycles. The van der Waals surface area contributed by atoms with Gasteiger partial charge in [-0.2, -0.15) is 9.97 Å². The van der Waals surface area contributed by atoms with Gasteiger partial charge in [0, 0.05) is 48.6 Å². The fraction of sp³-hybridized carbons (Fsp3) is 0.586. The molecule has 38 heavy (non-hydrogen) atoms. The van der Waals surface area contributed by atoms with Gasteiger partial charge in [0.25, 0.3) is 0 Å². The molecule has 0 atom stereocenters. The average molecular weight is 543 g/mol. The summed E-state index contributed by atoms with van der Waals surface area (Å²) in [7, 11) is 1.68. The minimum absolute atomic E-state index is 0.174. The van der Waals surface area contributed by atoms with Crippen molar-refractivity contribution in [2.45, 2.75) is 75.4 Å². The predicted octanol–water partition coefficient (Wildman–Crippen LogP) is 6.25. The number of fused-ring (bicyclic) bond motifs is 1. The van der Waals surface area contributed by atoms with Gasteiger partial charge < -0.3 is 9.30 Å². The Kier molecular flexibility index (Phi) is 9.42. The average Bonchev–Trinajstić information content (AvgIpc) is 3.11. The molecule has 0 unspecified atom stereocenters. The Morgan fingerprint density at radius 2 is 1.76 bits per heavy atom. The van der Waals surface area contributed by atoms with Gasteiger partial charge in [0.1, 0.15) is 16.5 Å². The fourth-order valence-electron chi connectivity index (χ4n) is 4.67. The molecule has 0 spiro atoms. The van der Waals surface area contributed by atoms with Crippen molar-refractivity contribution in [2.24, 2.45) is 17.3 Å². The van der Waals surface area contributed by atoms with Crippen molar-refractivity contribution in [3.8, 4) is 5.75 Å². The van der Waals surface area contributed by atoms with Crippen LogP contribution in [0.2, 0.25) is 5.15 Å². The molecule has 3 aromatic rings. The molecule has 208 valence electrons. The lowest BCUT2D eigenvalue weighted by Gasteiger charge is -2.26. The zero-order valence-electron chi connectivity index (χ0n) is 24.6. The van der Waals surface area contributed by atoms with Crippen molar-refractivity contribution in [2.75, 3.05) is 25.5 Å². The van der Waals surface area contributed by atoms with Crippen LogP contribution in [0.5, 0.6) is 5.75 Å². The number of methoxy groups -OCH3 is 1. The Morgan fingerprint density at radius 3 is 2.32 bits per heavy atom. The van der Waals surface area contributed by atoms with E-state index in [1.807, 2.05) is 40.8 Å². The molecule has 0 saturated heterocycles. The van der Waals surface area contributed by atoms with Crippen molar-refractivity contribution in [1.29, 1.82) is 0 Å². The van der Waals surface area contributed by atoms with Gasteiger partial charge in [-0.25, -0.2) is 0 Å². The Labute approximate surface area is 232 Å². The van der Waals surface area contributed by atoms with Crippen LogP contribution in [0.3, 0.4) is 0 Å². The number of nitrogens with zero attached hydrogens (tertiary/aromatic N) is 5. The summed E-state index contributed by atoms with van der Waals surface area (Å²) in [5.41, 5.74) is 3.98. The summed E-state index contributed by atoms with van der Waals surface area (Å²) in [5.74, 6) is 1.91. The van der Waals surface area contributed by atoms with Crippen LogP contribution < -0.4 is 10.1 Å². The smallest absolute Gasteiger partial charge is 0.232 e. The third-order valence-electron chi connectivity index (χ3n) is 6.37. The number of carbonyl (C=O) groups is 1. The fourth-order valence-corrected chi connectivity index (χ4v) is 4.96. The van der Waals surface area contributed by atoms with Crippen LogP contribution in [0, 0.1) is 31.1 Å². The lowest BCUT2D eigenvalue weighted by Crippen LogP contribution is -2.30. The highest BCUT2D eigenvalue weighted by Gasteiger charge is 2.25. The van der Waals surface area contributed by atoms with E-state index in [4.69, 9.17) is 26.3 Å². The lowest BCUT2D eigenvalue weighted by atomic mass is 9.96. The number of rotatable bonds is 10. The van der Waals surface area contributed by atoms with E-state index in [1.54, 1.807) is 7.11 Å². The molecule has 0 saturated carbocycles. The Morgan fingerprint density at radius 1 is 1.13 bits per heavy atom. The summed E-state index contributed by atoms with van der Waals surface area (Å²) in [5, 5.41) is 3.97. The van der Waals surface area contributed by atoms with Crippen molar-refractivity contribution in [1.82, 2.24) is 24.4 Å². The number of anilines is 1. The number of pyridine rings is 1. The standard InChI is InChI=1S/C29H43ClN6O2/c1-17(2)12-35(13-18(3)4)14-21-15-36(16-22-20(6)24(38-10)19(5)11-31-22)26-23(21)25(30)32-28(33-26)34-27(37)29(7,8)9/h11,15,17-18H,12-14,16H2,1-10H3,(H,32,33,34,37). The van der Waals surface area contributed by atoms with Gasteiger partial charge in [-0.05, 0) is 31.2 Å². The monoisotopic (exact) mass is 542 g/mol. The van der Waals surface area contributed by atoms with Gasteiger partial charge in [0.2, 0.25) is 11.9 Å². The Bertz CT molecular complexity index is 1280. The highest BCUT2D eigenvalue weighted by atomic mass is 35.5. The molecule has 1 N–H and O–H groups in total. The van der Waals surface area contributed by atoms with Gasteiger partial charge in [-0.3, -0.25) is 20.0 Å². The van der Waals surface area contributed by atoms with Gasteiger partial charge in [-0.15, -0.1) is 0 Å². The van der Waals surface area contributed by atoms with E-state index in [9.17, 15) is 4.79 Å². The van der Waals surface area contributed by atoms with E-state index < -0.39 is 5.41 Å². The molecular formula is C29H43ClN6O2. The molecule has 0 radical (unpaired) electrons. The number of hydrogen-bond acceptors (Lipinski definition) is 6. The number of halogens is 1. The molecule has 9 heteroatoms. The van der Waals surface area contributed by atoms with Gasteiger partial charge in [0.05, 0.1) is 24.7 Å². The Hall–Kier alpha value is -2.71. The highest BCUT2D eigenvalue weighted by Crippen LogP contribution is 2.31. The maximum absolute atomic E-state index is 12.7. The minimum atomic E-state index is -0.592. The van der Waals surface area contributed by atoms with E-state index in [-0.39, 0.29) is 11.9 Å². The van der Waals surface area contributed by atoms with Crippen molar-refractivity contribution in [3.63, 3.8) is 0 Å². The number of hydrogen-bond donors (Lipinski definition) is 1. The first-order chi connectivity index (χ1) is 17.7. The lowest BCUT2D eigenvalue weighted by molar-refractivity contribution is -0.123. The molecule has 0 aromatic carbocycles. The maximum atomic E-state index is 12.7. The topological polar surface area (TPSA) is 85.2 Å². The third kappa shape index (κ3) is 7.03. The minimum Gasteiger partial charge on any atom is -0.496 e. The Balaban J connectivity index is 2.14. The van der Waals surface area contributed by atoms with Crippen LogP contribution in [0.4, 0.5) is 5.95 Å². The van der Waals surface area contributed by atoms with E-state index in [1.165, 1.54) is 0 Å². The first-order valence-electron chi connectivity index (χ1n) is 13.3. The highest BCUT2D eigenvalue weighted by molar-refractivity contribution is 6.34. The zero-order chi connectivity index (χ0) is 28.4. The van der Waals surface area contributed by atoms with E-state index in [0.717, 1.165) is 53.2 Å². The first-order valence-corrected chi connectivity index (χ1v) is 13.7. The number of ether oxygens (including phenoxy) is 1. The van der Waals surface area contributed by atoms with Gasteiger partial charge in [-0.1, -0.05) is 60.1 Å². The summed E-state index contributed by atoms with van der Waals surface area (Å²) >= 11 is 6.81. The predicted molar refractivity (Wildman–Crippen MR) is 155 cm³/mol. The van der Waals surface area contributed by atoms with Crippen LogP contribution in [-0.2, 0) is 17.9 Å². The molecule has 1 amide bonds. The number of nitrogens with one attached hydrogen (secondary N) is 1. The molecule has 0 fully saturated rings. The van der Waals surface area contributed by atoms with Crippen LogP contribution >= 0.6 is 11.6 Å². The number of amides is 1. The number of aryl methyl sites for hydroxylation is 1. The maximum Gasteiger partial charge on any atom is 0.232 e. The van der Waals surface area contributed by atoms with E-state index >= 15 is 0 Å². The van der Waals surface area contributed by atoms with Crippen LogP contribution in [0.1, 0.15) is 70.9 Å². The third-order valence-corrected chi connectivity index (χ3v) is 6.64. The molecular weight excluding hydrogens is 500 g/mol. The second kappa shape index (κ2) is 12.0. The largest absolute Gasteiger partial charge is 0.496 e. The summed E-state index contributed by atoms with van der Waals surface area (Å²) in [6, 6.07) is 0. The quantitative estimate of drug-likeness (QED) is 0.305. The molecule has 3 aromatic heterocycles. The number of aromatic nitrogens is 4. The van der Waals surface area contributed by atoms with E-state index in [2.05, 4.69) is 53.7 Å². The SMILES string of the molecule is COc1c(C)cnc(Cn2cc(CN(CC(C)C)CC(C)C)c3c(Cl)nc(NC(=O)C(C)(C)C)nc32)c1C. The van der Waals surface area contributed by atoms with Crippen LogP contribution in [-0.4, -0.2) is 50.5 Å². The molecule has 0 aliphatic rings. The second-order valence-corrected chi connectivity index (χ2v) is 12.4. The van der Waals surface area contributed by atoms with E-state index in [0.29, 0.717) is 29.2 Å². The van der Waals surface area contributed by atoms with Crippen molar-refractivity contribution in [3.05, 3.63) is 39.9 Å². The van der Waals surface area contributed by atoms with Crippen molar-refractivity contribution >= 4 is 34.5 Å². The number of carbonyl (C=O) groups excluding carboxylic acids is 1. The van der Waals surface area contributed by atoms with Crippen molar-refractivity contribution < 1.29 is 9.53 Å². The molecule has 0 bridgehead atoms. The summed E-state index contributed by atoms with van der Waals surface area (Å²) in [6.45, 7) is 21.6. The second-order valence-electron chi connectivity index (χ2n) is 12.1. The van der Waals surface area contributed by atoms with Gasteiger partial charge in [0.15, 0.2) is 0 Å². The van der Waals surface area contributed by atoms with Gasteiger partial charge >= 0.3 is 0 Å². The molecule has 3 heterocycles. The molecule has 0 aliphatic heterocycles. The van der Waals surface area contributed by atoms with Crippen LogP contribution in [0.15, 0.2) is 12.4 Å². The van der Waals surface area contributed by atoms with Crippen LogP contribution in [0.25, 0.3) is 11.0 Å². The summed E-state index contributed by atoms with van der Waals surface area (Å²) in [4.78, 5) is 29.1. The zero-order valence-corrected chi connectivity index (χ0v) is 25.3. The summed E-state index contributed by atoms with van der Waals surface area (Å²) < 4.78 is 7.69. The normalized spacial score (nSPS) is 12.3. The first kappa shape index (κ1) is 29.8.